The molecule has 2 aromatic heterocycles. The predicted octanol–water partition coefficient (Wildman–Crippen LogP) is 2.18. The molecule has 0 aliphatic carbocycles. The topological polar surface area (TPSA) is 47.8 Å². The zero-order valence-electron chi connectivity index (χ0n) is 8.19. The molecule has 0 radical (unpaired) electrons. The van der Waals surface area contributed by atoms with E-state index in [0.29, 0.717) is 11.4 Å². The number of nitrogens with zero attached hydrogens (tertiary/aromatic N) is 3. The summed E-state index contributed by atoms with van der Waals surface area (Å²) in [5.41, 5.74) is 0.641. The number of halogens is 1. The summed E-state index contributed by atoms with van der Waals surface area (Å²) < 4.78 is 2.62. The Labute approximate surface area is 99.1 Å². The Balaban J connectivity index is 2.41. The molecule has 6 heteroatoms. The lowest BCUT2D eigenvalue weighted by Gasteiger charge is -1.97. The molecule has 0 atom stereocenters. The Bertz CT molecular complexity index is 517. The molecule has 4 nitrogen and oxygen atoms in total. The minimum Gasteiger partial charge on any atom is -0.312 e. The molecule has 0 aliphatic heterocycles. The van der Waals surface area contributed by atoms with Gasteiger partial charge in [0.1, 0.15) is 5.82 Å². The number of carbonyl (C=O) groups is 1. The lowest BCUT2D eigenvalue weighted by atomic mass is 10.2. The van der Waals surface area contributed by atoms with Crippen molar-refractivity contribution in [2.45, 2.75) is 6.92 Å². The van der Waals surface area contributed by atoms with Gasteiger partial charge in [0, 0.05) is 18.0 Å². The van der Waals surface area contributed by atoms with Crippen molar-refractivity contribution in [3.05, 3.63) is 32.4 Å². The number of ketones is 1. The van der Waals surface area contributed by atoms with Crippen molar-refractivity contribution in [3.8, 4) is 0 Å². The Morgan fingerprint density at radius 2 is 2.27 bits per heavy atom. The average molecular weight is 286 g/mol. The lowest BCUT2D eigenvalue weighted by molar-refractivity contribution is 0.102. The molecule has 15 heavy (non-hydrogen) atoms. The number of hydrogen-bond donors (Lipinski definition) is 0. The molecule has 2 heterocycles. The van der Waals surface area contributed by atoms with Crippen molar-refractivity contribution in [3.63, 3.8) is 0 Å². The van der Waals surface area contributed by atoms with Crippen LogP contribution in [0.3, 0.4) is 0 Å². The van der Waals surface area contributed by atoms with Gasteiger partial charge in [0.2, 0.25) is 11.6 Å². The summed E-state index contributed by atoms with van der Waals surface area (Å²) in [5, 5.41) is 9.51. The molecule has 0 amide bonds. The van der Waals surface area contributed by atoms with Gasteiger partial charge in [-0.2, -0.15) is 0 Å². The monoisotopic (exact) mass is 285 g/mol. The van der Waals surface area contributed by atoms with Crippen LogP contribution in [-0.2, 0) is 7.05 Å². The first-order valence-electron chi connectivity index (χ1n) is 4.24. The Morgan fingerprint density at radius 3 is 2.73 bits per heavy atom. The molecule has 78 valence electrons. The van der Waals surface area contributed by atoms with E-state index in [1.54, 1.807) is 23.1 Å². The number of rotatable bonds is 2. The summed E-state index contributed by atoms with van der Waals surface area (Å²) >= 11 is 4.80. The normalized spacial score (nSPS) is 10.6. The van der Waals surface area contributed by atoms with Crippen molar-refractivity contribution in [1.29, 1.82) is 0 Å². The number of aromatic nitrogens is 3. The Morgan fingerprint density at radius 1 is 1.53 bits per heavy atom. The first kappa shape index (κ1) is 10.5. The van der Waals surface area contributed by atoms with Crippen LogP contribution in [0, 0.1) is 6.92 Å². The first-order chi connectivity index (χ1) is 7.09. The maximum absolute atomic E-state index is 12.0. The van der Waals surface area contributed by atoms with Gasteiger partial charge >= 0.3 is 0 Å². The smallest absolute Gasteiger partial charge is 0.231 e. The van der Waals surface area contributed by atoms with Gasteiger partial charge in [-0.25, -0.2) is 0 Å². The van der Waals surface area contributed by atoms with Crippen molar-refractivity contribution >= 4 is 33.0 Å². The Hall–Kier alpha value is -1.01. The minimum atomic E-state index is -0.0972. The van der Waals surface area contributed by atoms with Crippen LogP contribution in [0.4, 0.5) is 0 Å². The van der Waals surface area contributed by atoms with Gasteiger partial charge in [-0.05, 0) is 28.9 Å². The van der Waals surface area contributed by atoms with E-state index in [1.807, 2.05) is 6.92 Å². The second-order valence-electron chi connectivity index (χ2n) is 3.10. The van der Waals surface area contributed by atoms with Crippen LogP contribution in [0.15, 0.2) is 15.2 Å². The van der Waals surface area contributed by atoms with Crippen LogP contribution in [0.25, 0.3) is 0 Å². The van der Waals surface area contributed by atoms with E-state index in [9.17, 15) is 4.79 Å². The van der Waals surface area contributed by atoms with E-state index in [-0.39, 0.29) is 5.78 Å². The van der Waals surface area contributed by atoms with E-state index >= 15 is 0 Å². The molecule has 0 bridgehead atoms. The highest BCUT2D eigenvalue weighted by atomic mass is 79.9. The maximum atomic E-state index is 12.0. The minimum absolute atomic E-state index is 0.0972. The van der Waals surface area contributed by atoms with Crippen LogP contribution in [0.1, 0.15) is 22.0 Å². The molecule has 0 saturated heterocycles. The van der Waals surface area contributed by atoms with Crippen molar-refractivity contribution in [1.82, 2.24) is 14.8 Å². The third kappa shape index (κ3) is 1.87. The number of hydrogen-bond acceptors (Lipinski definition) is 4. The van der Waals surface area contributed by atoms with E-state index in [2.05, 4.69) is 26.1 Å². The maximum Gasteiger partial charge on any atom is 0.231 e. The number of thiophene rings is 1. The largest absolute Gasteiger partial charge is 0.312 e. The van der Waals surface area contributed by atoms with Gasteiger partial charge in [-0.1, -0.05) is 0 Å². The van der Waals surface area contributed by atoms with E-state index < -0.39 is 0 Å². The lowest BCUT2D eigenvalue weighted by Crippen LogP contribution is -2.08. The third-order valence-corrected chi connectivity index (χ3v) is 3.63. The number of carbonyl (C=O) groups excluding carboxylic acids is 1. The number of aryl methyl sites for hydroxylation is 1. The van der Waals surface area contributed by atoms with Crippen LogP contribution in [-0.4, -0.2) is 20.5 Å². The van der Waals surface area contributed by atoms with Crippen LogP contribution in [0.5, 0.6) is 0 Å². The average Bonchev–Trinajstić information content (AvgIpc) is 2.75. The van der Waals surface area contributed by atoms with Crippen molar-refractivity contribution in [2.75, 3.05) is 0 Å². The molecule has 0 N–H and O–H groups in total. The van der Waals surface area contributed by atoms with E-state index in [0.717, 1.165) is 9.61 Å². The molecule has 0 aromatic carbocycles. The second-order valence-corrected chi connectivity index (χ2v) is 5.39. The van der Waals surface area contributed by atoms with Gasteiger partial charge in [0.25, 0.3) is 0 Å². The van der Waals surface area contributed by atoms with Gasteiger partial charge < -0.3 is 4.57 Å². The van der Waals surface area contributed by atoms with Crippen LogP contribution >= 0.6 is 27.3 Å². The zero-order valence-corrected chi connectivity index (χ0v) is 10.6. The molecular formula is C9H8BrN3OS. The van der Waals surface area contributed by atoms with Gasteiger partial charge in [0.15, 0.2) is 0 Å². The molecule has 2 aromatic rings. The standard InChI is InChI=1S/C9H8BrN3OS/c1-5-11-12-9(13(5)2)8(14)6-3-7(10)15-4-6/h3-4H,1-2H3. The van der Waals surface area contributed by atoms with Crippen LogP contribution < -0.4 is 0 Å². The molecule has 0 fully saturated rings. The summed E-state index contributed by atoms with van der Waals surface area (Å²) in [6, 6.07) is 1.79. The van der Waals surface area contributed by atoms with E-state index in [4.69, 9.17) is 0 Å². The SMILES string of the molecule is Cc1nnc(C(=O)c2csc(Br)c2)n1C. The fraction of sp³-hybridized carbons (Fsp3) is 0.222. The fourth-order valence-electron chi connectivity index (χ4n) is 1.16. The Kier molecular flexibility index (Phi) is 2.70. The van der Waals surface area contributed by atoms with Crippen molar-refractivity contribution in [2.24, 2.45) is 7.05 Å². The summed E-state index contributed by atoms with van der Waals surface area (Å²) in [6.45, 7) is 1.81. The molecule has 0 aliphatic rings. The highest BCUT2D eigenvalue weighted by molar-refractivity contribution is 9.11. The molecule has 0 spiro atoms. The van der Waals surface area contributed by atoms with E-state index in [1.165, 1.54) is 11.3 Å². The first-order valence-corrected chi connectivity index (χ1v) is 5.91. The molecule has 0 unspecified atom stereocenters. The molecule has 0 saturated carbocycles. The summed E-state index contributed by atoms with van der Waals surface area (Å²) in [7, 11) is 1.78. The fourth-order valence-corrected chi connectivity index (χ4v) is 2.30. The highest BCUT2D eigenvalue weighted by Gasteiger charge is 2.17. The molecular weight excluding hydrogens is 278 g/mol. The predicted molar refractivity (Wildman–Crippen MR) is 61.2 cm³/mol. The molecule has 2 rings (SSSR count). The summed E-state index contributed by atoms with van der Waals surface area (Å²) in [6.07, 6.45) is 0. The third-order valence-electron chi connectivity index (χ3n) is 2.13. The summed E-state index contributed by atoms with van der Waals surface area (Å²) in [4.78, 5) is 12.0. The van der Waals surface area contributed by atoms with Gasteiger partial charge in [0.05, 0.1) is 3.79 Å². The zero-order chi connectivity index (χ0) is 11.0. The summed E-state index contributed by atoms with van der Waals surface area (Å²) in [5.74, 6) is 1.01. The van der Waals surface area contributed by atoms with Gasteiger partial charge in [-0.15, -0.1) is 21.5 Å². The van der Waals surface area contributed by atoms with Gasteiger partial charge in [-0.3, -0.25) is 4.79 Å². The quantitative estimate of drug-likeness (QED) is 0.795. The van der Waals surface area contributed by atoms with Crippen LogP contribution in [0.2, 0.25) is 0 Å². The van der Waals surface area contributed by atoms with Crippen molar-refractivity contribution < 1.29 is 4.79 Å². The highest BCUT2D eigenvalue weighted by Crippen LogP contribution is 2.22. The second kappa shape index (κ2) is 3.86.